The summed E-state index contributed by atoms with van der Waals surface area (Å²) in [6.07, 6.45) is 2.01. The van der Waals surface area contributed by atoms with Gasteiger partial charge in [0.2, 0.25) is 6.10 Å². The molecule has 2 heterocycles. The van der Waals surface area contributed by atoms with Crippen LogP contribution in [0.1, 0.15) is 44.1 Å². The van der Waals surface area contributed by atoms with Crippen molar-refractivity contribution in [2.24, 2.45) is 0 Å². The summed E-state index contributed by atoms with van der Waals surface area (Å²) in [6, 6.07) is 4.85. The van der Waals surface area contributed by atoms with Crippen molar-refractivity contribution in [3.63, 3.8) is 0 Å². The predicted octanol–water partition coefficient (Wildman–Crippen LogP) is 4.10. The number of nitrogens with zero attached hydrogens (tertiary/aromatic N) is 1. The number of amides is 1. The van der Waals surface area contributed by atoms with E-state index >= 15 is 0 Å². The maximum Gasteiger partial charge on any atom is 0.415 e. The molecule has 0 spiro atoms. The second kappa shape index (κ2) is 8.75. The van der Waals surface area contributed by atoms with Crippen LogP contribution in [0.3, 0.4) is 0 Å². The summed E-state index contributed by atoms with van der Waals surface area (Å²) < 4.78 is 24.8. The Morgan fingerprint density at radius 3 is 2.85 bits per heavy atom. The molecule has 142 valence electrons. The molecule has 0 radical (unpaired) electrons. The zero-order valence-corrected chi connectivity index (χ0v) is 15.7. The normalized spacial score (nSPS) is 20.9. The van der Waals surface area contributed by atoms with E-state index in [9.17, 15) is 14.0 Å². The van der Waals surface area contributed by atoms with Gasteiger partial charge >= 0.3 is 12.1 Å². The lowest BCUT2D eigenvalue weighted by atomic mass is 9.93. The quantitative estimate of drug-likeness (QED) is 0.548. The van der Waals surface area contributed by atoms with E-state index in [2.05, 4.69) is 0 Å². The summed E-state index contributed by atoms with van der Waals surface area (Å²) in [5.41, 5.74) is 1.11. The number of cyclic esters (lactones) is 1. The number of benzene rings is 1. The molecule has 0 N–H and O–H groups in total. The van der Waals surface area contributed by atoms with Gasteiger partial charge in [0.1, 0.15) is 5.82 Å². The Hall–Kier alpha value is -1.76. The van der Waals surface area contributed by atoms with Gasteiger partial charge in [-0.3, -0.25) is 4.90 Å². The minimum atomic E-state index is -0.961. The molecule has 26 heavy (non-hydrogen) atoms. The average molecular weight is 381 g/mol. The molecule has 5 nitrogen and oxygen atoms in total. The smallest absolute Gasteiger partial charge is 0.415 e. The third kappa shape index (κ3) is 4.31. The number of esters is 1. The number of rotatable bonds is 6. The van der Waals surface area contributed by atoms with E-state index in [1.54, 1.807) is 12.1 Å². The van der Waals surface area contributed by atoms with Crippen LogP contribution in [0.4, 0.5) is 14.9 Å². The first kappa shape index (κ1) is 19.0. The van der Waals surface area contributed by atoms with E-state index in [1.807, 2.05) is 18.7 Å². The topological polar surface area (TPSA) is 55.8 Å². The van der Waals surface area contributed by atoms with Crippen LogP contribution in [-0.2, 0) is 14.3 Å². The number of anilines is 1. The number of carbonyl (C=O) groups is 2. The predicted molar refractivity (Wildman–Crippen MR) is 99.2 cm³/mol. The van der Waals surface area contributed by atoms with Crippen LogP contribution in [0.15, 0.2) is 18.2 Å². The molecular weight excluding hydrogens is 357 g/mol. The minimum Gasteiger partial charge on any atom is -0.463 e. The molecule has 1 amide bonds. The number of unbranched alkanes of at least 4 members (excludes halogenated alkanes) is 1. The Morgan fingerprint density at radius 1 is 1.38 bits per heavy atom. The molecular formula is C19H24FNO4S. The van der Waals surface area contributed by atoms with Crippen LogP contribution < -0.4 is 4.90 Å². The Balaban J connectivity index is 1.66. The fourth-order valence-electron chi connectivity index (χ4n) is 3.23. The van der Waals surface area contributed by atoms with Gasteiger partial charge < -0.3 is 9.47 Å². The molecule has 0 aliphatic carbocycles. The Bertz CT molecular complexity index is 663. The van der Waals surface area contributed by atoms with E-state index in [1.165, 1.54) is 11.0 Å². The van der Waals surface area contributed by atoms with Crippen LogP contribution in [-0.4, -0.2) is 42.8 Å². The fraction of sp³-hybridized carbons (Fsp3) is 0.579. The van der Waals surface area contributed by atoms with E-state index in [0.29, 0.717) is 17.9 Å². The number of hydrogen-bond donors (Lipinski definition) is 0. The van der Waals surface area contributed by atoms with Crippen molar-refractivity contribution >= 4 is 29.5 Å². The monoisotopic (exact) mass is 381 g/mol. The van der Waals surface area contributed by atoms with Gasteiger partial charge in [0, 0.05) is 0 Å². The number of thioether (sulfide) groups is 1. The third-order valence-corrected chi connectivity index (χ3v) is 5.82. The lowest BCUT2D eigenvalue weighted by Gasteiger charge is -2.23. The standard InChI is InChI=1S/C19H24FNO4S/c1-2-3-8-24-18(22)17-12-21(19(23)25-17)14-4-5-15(16(20)11-14)13-6-9-26-10-7-13/h4-5,11,13,17H,2-3,6-10,12H2,1H3/t17-/m1/s1. The highest BCUT2D eigenvalue weighted by Gasteiger charge is 2.38. The van der Waals surface area contributed by atoms with Gasteiger partial charge in [-0.15, -0.1) is 0 Å². The highest BCUT2D eigenvalue weighted by Crippen LogP contribution is 2.34. The maximum atomic E-state index is 14.6. The molecule has 0 aromatic heterocycles. The molecule has 2 aliphatic heterocycles. The Labute approximate surface area is 157 Å². The highest BCUT2D eigenvalue weighted by atomic mass is 32.2. The molecule has 1 aromatic rings. The van der Waals surface area contributed by atoms with Crippen molar-refractivity contribution < 1.29 is 23.5 Å². The van der Waals surface area contributed by atoms with Gasteiger partial charge in [-0.2, -0.15) is 11.8 Å². The van der Waals surface area contributed by atoms with Crippen molar-refractivity contribution in [1.82, 2.24) is 0 Å². The molecule has 0 saturated carbocycles. The second-order valence-corrected chi connectivity index (χ2v) is 7.82. The SMILES string of the molecule is CCCCOC(=O)[C@H]1CN(c2ccc(C3CCSCC3)c(F)c2)C(=O)O1. The molecule has 7 heteroatoms. The van der Waals surface area contributed by atoms with Crippen LogP contribution in [0, 0.1) is 5.82 Å². The maximum absolute atomic E-state index is 14.6. The van der Waals surface area contributed by atoms with Crippen LogP contribution in [0.25, 0.3) is 0 Å². The van der Waals surface area contributed by atoms with Crippen molar-refractivity contribution in [3.05, 3.63) is 29.6 Å². The summed E-state index contributed by atoms with van der Waals surface area (Å²) in [4.78, 5) is 25.3. The molecule has 2 aliphatic rings. The summed E-state index contributed by atoms with van der Waals surface area (Å²) in [7, 11) is 0. The molecule has 3 rings (SSSR count). The molecule has 0 bridgehead atoms. The van der Waals surface area contributed by atoms with Crippen molar-refractivity contribution in [2.75, 3.05) is 29.6 Å². The molecule has 2 saturated heterocycles. The summed E-state index contributed by atoms with van der Waals surface area (Å²) >= 11 is 1.90. The first-order valence-electron chi connectivity index (χ1n) is 9.12. The zero-order valence-electron chi connectivity index (χ0n) is 14.9. The Kier molecular flexibility index (Phi) is 6.40. The number of halogens is 1. The molecule has 1 atom stereocenters. The first-order chi connectivity index (χ1) is 12.6. The lowest BCUT2D eigenvalue weighted by molar-refractivity contribution is -0.151. The fourth-order valence-corrected chi connectivity index (χ4v) is 4.34. The van der Waals surface area contributed by atoms with Gasteiger partial charge in [0.05, 0.1) is 18.8 Å². The first-order valence-corrected chi connectivity index (χ1v) is 10.3. The van der Waals surface area contributed by atoms with Crippen molar-refractivity contribution in [3.8, 4) is 0 Å². The Morgan fingerprint density at radius 2 is 2.15 bits per heavy atom. The van der Waals surface area contributed by atoms with E-state index in [0.717, 1.165) is 37.2 Å². The van der Waals surface area contributed by atoms with Crippen LogP contribution in [0.2, 0.25) is 0 Å². The average Bonchev–Trinajstić information content (AvgIpc) is 3.04. The largest absolute Gasteiger partial charge is 0.463 e. The third-order valence-electron chi connectivity index (χ3n) is 4.77. The minimum absolute atomic E-state index is 0.0443. The van der Waals surface area contributed by atoms with Gasteiger partial charge in [0.25, 0.3) is 0 Å². The molecule has 1 aromatic carbocycles. The second-order valence-electron chi connectivity index (χ2n) is 6.60. The zero-order chi connectivity index (χ0) is 18.5. The van der Waals surface area contributed by atoms with E-state index in [4.69, 9.17) is 9.47 Å². The van der Waals surface area contributed by atoms with E-state index in [-0.39, 0.29) is 18.3 Å². The van der Waals surface area contributed by atoms with Gasteiger partial charge in [0.15, 0.2) is 0 Å². The van der Waals surface area contributed by atoms with Gasteiger partial charge in [-0.05, 0) is 54.4 Å². The van der Waals surface area contributed by atoms with Crippen molar-refractivity contribution in [1.29, 1.82) is 0 Å². The molecule has 0 unspecified atom stereocenters. The number of carbonyl (C=O) groups excluding carboxylic acids is 2. The number of ether oxygens (including phenoxy) is 2. The number of hydrogen-bond acceptors (Lipinski definition) is 5. The van der Waals surface area contributed by atoms with E-state index < -0.39 is 18.2 Å². The lowest BCUT2D eigenvalue weighted by Crippen LogP contribution is -2.29. The van der Waals surface area contributed by atoms with Gasteiger partial charge in [-0.25, -0.2) is 14.0 Å². The summed E-state index contributed by atoms with van der Waals surface area (Å²) in [5, 5.41) is 0. The highest BCUT2D eigenvalue weighted by molar-refractivity contribution is 7.99. The van der Waals surface area contributed by atoms with Gasteiger partial charge in [-0.1, -0.05) is 19.4 Å². The summed E-state index contributed by atoms with van der Waals surface area (Å²) in [6.45, 7) is 2.35. The van der Waals surface area contributed by atoms with Crippen LogP contribution in [0.5, 0.6) is 0 Å². The summed E-state index contributed by atoms with van der Waals surface area (Å²) in [5.74, 6) is 1.47. The molecule has 2 fully saturated rings. The van der Waals surface area contributed by atoms with Crippen molar-refractivity contribution in [2.45, 2.75) is 44.6 Å². The van der Waals surface area contributed by atoms with Crippen LogP contribution >= 0.6 is 11.8 Å².